The van der Waals surface area contributed by atoms with Gasteiger partial charge in [-0.1, -0.05) is 39.2 Å². The van der Waals surface area contributed by atoms with Crippen LogP contribution < -0.4 is 5.32 Å². The van der Waals surface area contributed by atoms with E-state index < -0.39 is 0 Å². The zero-order chi connectivity index (χ0) is 8.81. The van der Waals surface area contributed by atoms with E-state index in [2.05, 4.69) is 31.4 Å². The lowest BCUT2D eigenvalue weighted by atomic mass is 9.87. The summed E-state index contributed by atoms with van der Waals surface area (Å²) in [6.45, 7) is 5.78. The molecule has 1 heteroatoms. The normalized spacial score (nSPS) is 28.5. The molecule has 0 saturated carbocycles. The minimum absolute atomic E-state index is 0.781. The van der Waals surface area contributed by atoms with Crippen LogP contribution in [-0.2, 0) is 0 Å². The predicted molar refractivity (Wildman–Crippen MR) is 53.9 cm³/mol. The van der Waals surface area contributed by atoms with Gasteiger partial charge in [0.15, 0.2) is 0 Å². The Kier molecular flexibility index (Phi) is 4.20. The van der Waals surface area contributed by atoms with Crippen molar-refractivity contribution in [1.82, 2.24) is 5.32 Å². The largest absolute Gasteiger partial charge is 0.391 e. The molecule has 0 amide bonds. The van der Waals surface area contributed by atoms with E-state index in [0.29, 0.717) is 0 Å². The van der Waals surface area contributed by atoms with Crippen molar-refractivity contribution in [2.45, 2.75) is 39.5 Å². The highest BCUT2D eigenvalue weighted by atomic mass is 14.8. The van der Waals surface area contributed by atoms with Gasteiger partial charge in [-0.15, -0.1) is 0 Å². The molecule has 0 bridgehead atoms. The molecule has 1 heterocycles. The lowest BCUT2D eigenvalue weighted by Crippen LogP contribution is -2.27. The second-order valence-electron chi connectivity index (χ2n) is 3.88. The molecule has 0 aromatic heterocycles. The Balaban J connectivity index is 2.18. The van der Waals surface area contributed by atoms with Gasteiger partial charge in [0.2, 0.25) is 0 Å². The third kappa shape index (κ3) is 2.88. The number of allylic oxidation sites excluding steroid dienone is 1. The van der Waals surface area contributed by atoms with Gasteiger partial charge in [-0.25, -0.2) is 0 Å². The second kappa shape index (κ2) is 5.23. The van der Waals surface area contributed by atoms with Crippen molar-refractivity contribution in [3.05, 3.63) is 12.3 Å². The molecule has 1 rings (SSSR count). The van der Waals surface area contributed by atoms with E-state index in [1.165, 1.54) is 32.2 Å². The molecular formula is C11H21N. The molecule has 1 N–H and O–H groups in total. The van der Waals surface area contributed by atoms with Gasteiger partial charge in [-0.3, -0.25) is 0 Å². The molecule has 0 fully saturated rings. The first-order valence-electron chi connectivity index (χ1n) is 5.24. The van der Waals surface area contributed by atoms with Crippen LogP contribution >= 0.6 is 0 Å². The molecule has 0 aromatic carbocycles. The van der Waals surface area contributed by atoms with Crippen LogP contribution in [0.15, 0.2) is 12.3 Å². The Labute approximate surface area is 76.2 Å². The van der Waals surface area contributed by atoms with Crippen molar-refractivity contribution < 1.29 is 0 Å². The van der Waals surface area contributed by atoms with Crippen molar-refractivity contribution >= 4 is 0 Å². The maximum Gasteiger partial charge on any atom is 0.0175 e. The summed E-state index contributed by atoms with van der Waals surface area (Å²) in [6, 6.07) is 0. The van der Waals surface area contributed by atoms with Gasteiger partial charge in [0.1, 0.15) is 0 Å². The quantitative estimate of drug-likeness (QED) is 0.635. The molecule has 0 radical (unpaired) electrons. The number of nitrogens with one attached hydrogen (secondary N) is 1. The third-order valence-electron chi connectivity index (χ3n) is 2.82. The van der Waals surface area contributed by atoms with Gasteiger partial charge in [-0.2, -0.15) is 0 Å². The lowest BCUT2D eigenvalue weighted by Gasteiger charge is -2.25. The average molecular weight is 167 g/mol. The summed E-state index contributed by atoms with van der Waals surface area (Å²) in [6.07, 6.45) is 9.92. The molecule has 1 aliphatic heterocycles. The maximum absolute atomic E-state index is 3.31. The highest BCUT2D eigenvalue weighted by Crippen LogP contribution is 2.21. The first-order valence-corrected chi connectivity index (χ1v) is 5.24. The summed E-state index contributed by atoms with van der Waals surface area (Å²) >= 11 is 0. The summed E-state index contributed by atoms with van der Waals surface area (Å²) in [7, 11) is 0. The molecule has 0 saturated heterocycles. The van der Waals surface area contributed by atoms with Gasteiger partial charge >= 0.3 is 0 Å². The summed E-state index contributed by atoms with van der Waals surface area (Å²) in [5.74, 6) is 1.66. The van der Waals surface area contributed by atoms with E-state index in [1.807, 2.05) is 0 Å². The van der Waals surface area contributed by atoms with Crippen LogP contribution in [0.2, 0.25) is 0 Å². The van der Waals surface area contributed by atoms with Crippen molar-refractivity contribution in [2.75, 3.05) is 6.54 Å². The minimum Gasteiger partial charge on any atom is -0.391 e. The van der Waals surface area contributed by atoms with Gasteiger partial charge < -0.3 is 5.32 Å². The highest BCUT2D eigenvalue weighted by Gasteiger charge is 2.16. The summed E-state index contributed by atoms with van der Waals surface area (Å²) in [5.41, 5.74) is 0. The molecule has 12 heavy (non-hydrogen) atoms. The fourth-order valence-corrected chi connectivity index (χ4v) is 1.80. The van der Waals surface area contributed by atoms with Crippen LogP contribution in [0.5, 0.6) is 0 Å². The highest BCUT2D eigenvalue weighted by molar-refractivity contribution is 4.94. The Hall–Kier alpha value is -0.460. The van der Waals surface area contributed by atoms with E-state index >= 15 is 0 Å². The molecule has 0 spiro atoms. The van der Waals surface area contributed by atoms with Crippen molar-refractivity contribution in [3.8, 4) is 0 Å². The van der Waals surface area contributed by atoms with Crippen molar-refractivity contribution in [2.24, 2.45) is 11.8 Å². The summed E-state index contributed by atoms with van der Waals surface area (Å²) in [5, 5.41) is 3.31. The van der Waals surface area contributed by atoms with E-state index in [9.17, 15) is 0 Å². The SMILES string of the molecule is CCCCCC1CNC=C[C@@H]1C. The second-order valence-corrected chi connectivity index (χ2v) is 3.88. The van der Waals surface area contributed by atoms with E-state index in [-0.39, 0.29) is 0 Å². The van der Waals surface area contributed by atoms with Crippen molar-refractivity contribution in [1.29, 1.82) is 0 Å². The van der Waals surface area contributed by atoms with E-state index in [1.54, 1.807) is 0 Å². The smallest absolute Gasteiger partial charge is 0.0175 e. The van der Waals surface area contributed by atoms with Crippen LogP contribution in [-0.4, -0.2) is 6.54 Å². The Morgan fingerprint density at radius 1 is 1.42 bits per heavy atom. The van der Waals surface area contributed by atoms with Crippen molar-refractivity contribution in [3.63, 3.8) is 0 Å². The molecule has 0 aromatic rings. The molecule has 2 atom stereocenters. The minimum atomic E-state index is 0.781. The van der Waals surface area contributed by atoms with Crippen LogP contribution in [0, 0.1) is 11.8 Å². The summed E-state index contributed by atoms with van der Waals surface area (Å²) < 4.78 is 0. The van der Waals surface area contributed by atoms with Gasteiger partial charge in [0.05, 0.1) is 0 Å². The zero-order valence-corrected chi connectivity index (χ0v) is 8.34. The maximum atomic E-state index is 3.31. The lowest BCUT2D eigenvalue weighted by molar-refractivity contribution is 0.354. The molecule has 1 aliphatic rings. The zero-order valence-electron chi connectivity index (χ0n) is 8.34. The van der Waals surface area contributed by atoms with Crippen LogP contribution in [0.4, 0.5) is 0 Å². The molecule has 1 nitrogen and oxygen atoms in total. The Morgan fingerprint density at radius 2 is 2.25 bits per heavy atom. The van der Waals surface area contributed by atoms with Crippen LogP contribution in [0.3, 0.4) is 0 Å². The number of unbranched alkanes of at least 4 members (excludes halogenated alkanes) is 2. The fraction of sp³-hybridized carbons (Fsp3) is 0.818. The summed E-state index contributed by atoms with van der Waals surface area (Å²) in [4.78, 5) is 0. The van der Waals surface area contributed by atoms with Crippen LogP contribution in [0.1, 0.15) is 39.5 Å². The van der Waals surface area contributed by atoms with E-state index in [4.69, 9.17) is 0 Å². The Bertz CT molecular complexity index is 140. The van der Waals surface area contributed by atoms with Crippen LogP contribution in [0.25, 0.3) is 0 Å². The Morgan fingerprint density at radius 3 is 2.92 bits per heavy atom. The van der Waals surface area contributed by atoms with Gasteiger partial charge in [-0.05, 0) is 24.5 Å². The average Bonchev–Trinajstić information content (AvgIpc) is 2.09. The molecule has 1 unspecified atom stereocenters. The van der Waals surface area contributed by atoms with E-state index in [0.717, 1.165) is 11.8 Å². The van der Waals surface area contributed by atoms with Gasteiger partial charge in [0, 0.05) is 6.54 Å². The number of hydrogen-bond donors (Lipinski definition) is 1. The van der Waals surface area contributed by atoms with Gasteiger partial charge in [0.25, 0.3) is 0 Å². The standard InChI is InChI=1S/C11H21N/c1-3-4-5-6-11-9-12-8-7-10(11)2/h7-8,10-12H,3-6,9H2,1-2H3/t10-,11?/m0/s1. The molecular weight excluding hydrogens is 146 g/mol. The third-order valence-corrected chi connectivity index (χ3v) is 2.82. The topological polar surface area (TPSA) is 12.0 Å². The first-order chi connectivity index (χ1) is 5.84. The molecule has 0 aliphatic carbocycles. The first kappa shape index (κ1) is 9.63. The fourth-order valence-electron chi connectivity index (χ4n) is 1.80. The predicted octanol–water partition coefficient (Wildman–Crippen LogP) is 2.94. The molecule has 70 valence electrons. The number of hydrogen-bond acceptors (Lipinski definition) is 1. The number of rotatable bonds is 4. The monoisotopic (exact) mass is 167 g/mol.